The Labute approximate surface area is 181 Å². The molecule has 1 N–H and O–H groups in total. The minimum atomic E-state index is -0.297. The molecule has 0 bridgehead atoms. The molecule has 0 spiro atoms. The van der Waals surface area contributed by atoms with E-state index >= 15 is 0 Å². The van der Waals surface area contributed by atoms with Crippen molar-refractivity contribution in [3.8, 4) is 0 Å². The summed E-state index contributed by atoms with van der Waals surface area (Å²) in [4.78, 5) is 13.1. The molecule has 1 fully saturated rings. The molecule has 0 aromatic heterocycles. The molecule has 0 unspecified atom stereocenters. The second-order valence-corrected chi connectivity index (χ2v) is 8.32. The first kappa shape index (κ1) is 20.8. The highest BCUT2D eigenvalue weighted by molar-refractivity contribution is 6.40. The van der Waals surface area contributed by atoms with Gasteiger partial charge in [0.2, 0.25) is 0 Å². The molecule has 1 amide bonds. The maximum atomic E-state index is 13.5. The predicted molar refractivity (Wildman–Crippen MR) is 118 cm³/mol. The van der Waals surface area contributed by atoms with Crippen LogP contribution < -0.4 is 10.4 Å². The highest BCUT2D eigenvalue weighted by Crippen LogP contribution is 2.41. The summed E-state index contributed by atoms with van der Waals surface area (Å²) in [5.41, 5.74) is 5.10. The SMILES string of the molecule is C[C@@H]1C(C(=O)NN2CCCCCC2)=NN(c2ccccc2Cl)[C@@H]1c1ccc(F)cc1. The third-order valence-electron chi connectivity index (χ3n) is 5.79. The Hall–Kier alpha value is -2.44. The van der Waals surface area contributed by atoms with Crippen LogP contribution in [-0.2, 0) is 4.79 Å². The van der Waals surface area contributed by atoms with Crippen LogP contribution >= 0.6 is 11.6 Å². The maximum Gasteiger partial charge on any atom is 0.282 e. The van der Waals surface area contributed by atoms with Gasteiger partial charge in [-0.15, -0.1) is 0 Å². The fourth-order valence-corrected chi connectivity index (χ4v) is 4.42. The number of halogens is 2. The highest BCUT2D eigenvalue weighted by atomic mass is 35.5. The third kappa shape index (κ3) is 4.35. The van der Waals surface area contributed by atoms with E-state index in [1.165, 1.54) is 25.0 Å². The van der Waals surface area contributed by atoms with E-state index in [0.29, 0.717) is 10.7 Å². The molecule has 5 nitrogen and oxygen atoms in total. The van der Waals surface area contributed by atoms with Crippen molar-refractivity contribution in [3.05, 3.63) is 64.9 Å². The van der Waals surface area contributed by atoms with Crippen LogP contribution in [0.15, 0.2) is 53.6 Å². The van der Waals surface area contributed by atoms with E-state index in [2.05, 4.69) is 5.43 Å². The number of hydrogen-bond donors (Lipinski definition) is 1. The molecular weight excluding hydrogens is 403 g/mol. The molecule has 2 aromatic carbocycles. The van der Waals surface area contributed by atoms with Crippen molar-refractivity contribution in [3.63, 3.8) is 0 Å². The number of carbonyl (C=O) groups excluding carboxylic acids is 1. The fourth-order valence-electron chi connectivity index (χ4n) is 4.20. The lowest BCUT2D eigenvalue weighted by Gasteiger charge is -2.27. The molecule has 0 saturated carbocycles. The number of benzene rings is 2. The first-order valence-corrected chi connectivity index (χ1v) is 10.9. The molecule has 158 valence electrons. The van der Waals surface area contributed by atoms with E-state index in [0.717, 1.165) is 37.2 Å². The lowest BCUT2D eigenvalue weighted by atomic mass is 9.91. The fraction of sp³-hybridized carbons (Fsp3) is 0.391. The number of nitrogens with zero attached hydrogens (tertiary/aromatic N) is 3. The molecule has 4 rings (SSSR count). The number of nitrogens with one attached hydrogen (secondary N) is 1. The molecule has 1 saturated heterocycles. The van der Waals surface area contributed by atoms with Gasteiger partial charge in [-0.1, -0.05) is 55.6 Å². The number of hydrogen-bond acceptors (Lipinski definition) is 4. The van der Waals surface area contributed by atoms with E-state index in [1.807, 2.05) is 30.1 Å². The van der Waals surface area contributed by atoms with Crippen molar-refractivity contribution >= 4 is 28.9 Å². The standard InChI is InChI=1S/C23H26ClFN4O/c1-16-21(23(30)27-28-14-6-2-3-7-15-28)26-29(20-9-5-4-8-19(20)24)22(16)17-10-12-18(25)13-11-17/h4-5,8-13,16,22H,2-3,6-7,14-15H2,1H3,(H,27,30)/t16-,22+/m1/s1. The van der Waals surface area contributed by atoms with Crippen LogP contribution in [0.5, 0.6) is 0 Å². The van der Waals surface area contributed by atoms with Gasteiger partial charge >= 0.3 is 0 Å². The Kier molecular flexibility index (Phi) is 6.35. The van der Waals surface area contributed by atoms with Gasteiger partial charge in [-0.05, 0) is 42.7 Å². The first-order valence-electron chi connectivity index (χ1n) is 10.5. The van der Waals surface area contributed by atoms with E-state index in [4.69, 9.17) is 16.7 Å². The number of para-hydroxylation sites is 1. The molecular formula is C23H26ClFN4O. The molecule has 30 heavy (non-hydrogen) atoms. The Morgan fingerprint density at radius 1 is 1.07 bits per heavy atom. The highest BCUT2D eigenvalue weighted by Gasteiger charge is 2.40. The molecule has 2 aliphatic heterocycles. The quantitative estimate of drug-likeness (QED) is 0.750. The van der Waals surface area contributed by atoms with Gasteiger partial charge < -0.3 is 0 Å². The van der Waals surface area contributed by atoms with Gasteiger partial charge in [0, 0.05) is 19.0 Å². The summed E-state index contributed by atoms with van der Waals surface area (Å²) in [5.74, 6) is -0.682. The zero-order valence-electron chi connectivity index (χ0n) is 17.0. The normalized spacial score (nSPS) is 22.5. The lowest BCUT2D eigenvalue weighted by molar-refractivity contribution is -0.119. The minimum absolute atomic E-state index is 0.189. The Morgan fingerprint density at radius 3 is 2.40 bits per heavy atom. The molecule has 2 atom stereocenters. The van der Waals surface area contributed by atoms with Crippen molar-refractivity contribution in [1.29, 1.82) is 0 Å². The van der Waals surface area contributed by atoms with Gasteiger partial charge in [-0.2, -0.15) is 5.10 Å². The van der Waals surface area contributed by atoms with Crippen LogP contribution in [0, 0.1) is 11.7 Å². The monoisotopic (exact) mass is 428 g/mol. The number of amides is 1. The van der Waals surface area contributed by atoms with Crippen LogP contribution in [0.4, 0.5) is 10.1 Å². The van der Waals surface area contributed by atoms with Gasteiger partial charge in [0.1, 0.15) is 11.5 Å². The largest absolute Gasteiger partial charge is 0.284 e. The van der Waals surface area contributed by atoms with Crippen molar-refractivity contribution in [1.82, 2.24) is 10.4 Å². The topological polar surface area (TPSA) is 47.9 Å². The van der Waals surface area contributed by atoms with Crippen LogP contribution in [0.25, 0.3) is 0 Å². The Balaban J connectivity index is 1.65. The predicted octanol–water partition coefficient (Wildman–Crippen LogP) is 4.94. The second kappa shape index (κ2) is 9.14. The number of hydrazine groups is 1. The van der Waals surface area contributed by atoms with Crippen molar-refractivity contribution in [2.75, 3.05) is 18.1 Å². The average Bonchev–Trinajstić information content (AvgIpc) is 2.89. The molecule has 2 aromatic rings. The van der Waals surface area contributed by atoms with E-state index < -0.39 is 0 Å². The number of hydrazone groups is 1. The molecule has 0 radical (unpaired) electrons. The van der Waals surface area contributed by atoms with Crippen LogP contribution in [-0.4, -0.2) is 29.7 Å². The first-order chi connectivity index (χ1) is 14.5. The number of rotatable bonds is 4. The molecule has 0 aliphatic carbocycles. The van der Waals surface area contributed by atoms with Gasteiger partial charge in [-0.25, -0.2) is 9.40 Å². The summed E-state index contributed by atoms with van der Waals surface area (Å²) in [6.07, 6.45) is 4.53. The van der Waals surface area contributed by atoms with Crippen LogP contribution in [0.2, 0.25) is 5.02 Å². The van der Waals surface area contributed by atoms with Crippen molar-refractivity contribution in [2.45, 2.75) is 38.6 Å². The summed E-state index contributed by atoms with van der Waals surface area (Å²) in [7, 11) is 0. The van der Waals surface area contributed by atoms with Gasteiger partial charge in [-0.3, -0.25) is 15.2 Å². The van der Waals surface area contributed by atoms with Gasteiger partial charge in [0.15, 0.2) is 0 Å². The molecule has 7 heteroatoms. The van der Waals surface area contributed by atoms with Crippen molar-refractivity contribution < 1.29 is 9.18 Å². The third-order valence-corrected chi connectivity index (χ3v) is 6.11. The van der Waals surface area contributed by atoms with Crippen LogP contribution in [0.1, 0.15) is 44.2 Å². The summed E-state index contributed by atoms with van der Waals surface area (Å²) >= 11 is 6.45. The lowest BCUT2D eigenvalue weighted by Crippen LogP contribution is -2.46. The van der Waals surface area contributed by atoms with Gasteiger partial charge in [0.25, 0.3) is 5.91 Å². The zero-order chi connectivity index (χ0) is 21.1. The van der Waals surface area contributed by atoms with E-state index in [1.54, 1.807) is 23.2 Å². The van der Waals surface area contributed by atoms with Crippen molar-refractivity contribution in [2.24, 2.45) is 11.0 Å². The van der Waals surface area contributed by atoms with Gasteiger partial charge in [0.05, 0.1) is 16.8 Å². The maximum absolute atomic E-state index is 13.5. The average molecular weight is 429 g/mol. The number of anilines is 1. The summed E-state index contributed by atoms with van der Waals surface area (Å²) < 4.78 is 13.5. The Bertz CT molecular complexity index is 925. The molecule has 2 aliphatic rings. The van der Waals surface area contributed by atoms with Crippen LogP contribution in [0.3, 0.4) is 0 Å². The zero-order valence-corrected chi connectivity index (χ0v) is 17.8. The summed E-state index contributed by atoms with van der Waals surface area (Å²) in [5, 5.41) is 9.04. The second-order valence-electron chi connectivity index (χ2n) is 7.91. The summed E-state index contributed by atoms with van der Waals surface area (Å²) in [6, 6.07) is 13.5. The summed E-state index contributed by atoms with van der Waals surface area (Å²) in [6.45, 7) is 3.68. The van der Waals surface area contributed by atoms with E-state index in [-0.39, 0.29) is 23.7 Å². The number of carbonyl (C=O) groups is 1. The Morgan fingerprint density at radius 2 is 1.73 bits per heavy atom. The van der Waals surface area contributed by atoms with E-state index in [9.17, 15) is 9.18 Å². The molecule has 2 heterocycles. The smallest absolute Gasteiger partial charge is 0.282 e. The minimum Gasteiger partial charge on any atom is -0.284 e.